The van der Waals surface area contributed by atoms with Gasteiger partial charge in [-0.3, -0.25) is 0 Å². The number of aromatic nitrogens is 1. The lowest BCUT2D eigenvalue weighted by Gasteiger charge is -2.16. The molecule has 2 heterocycles. The van der Waals surface area contributed by atoms with Crippen molar-refractivity contribution in [2.75, 3.05) is 42.7 Å². The van der Waals surface area contributed by atoms with Crippen LogP contribution in [0, 0.1) is 0 Å². The number of nitrogens with zero attached hydrogens (tertiary/aromatic N) is 1. The lowest BCUT2D eigenvalue weighted by Crippen LogP contribution is -2.07. The normalized spacial score (nSPS) is 11.0. The first-order valence-electron chi connectivity index (χ1n) is 12.5. The summed E-state index contributed by atoms with van der Waals surface area (Å²) in [6.07, 6.45) is 1.73. The number of methoxy groups -OCH3 is 6. The number of hydrogen-bond acceptors (Lipinski definition) is 9. The third kappa shape index (κ3) is 4.33. The first-order valence-corrected chi connectivity index (χ1v) is 12.5. The van der Waals surface area contributed by atoms with Gasteiger partial charge < -0.3 is 43.0 Å². The molecule has 0 unspecified atom stereocenters. The van der Waals surface area contributed by atoms with Crippen molar-refractivity contribution in [3.63, 3.8) is 0 Å². The molecule has 0 saturated carbocycles. The first kappa shape index (κ1) is 27.3. The summed E-state index contributed by atoms with van der Waals surface area (Å²) < 4.78 is 34.6. The zero-order valence-corrected chi connectivity index (χ0v) is 23.4. The number of phenolic OH excluding ortho intramolecular Hbond substituents is 2. The van der Waals surface area contributed by atoms with Crippen LogP contribution < -0.4 is 23.7 Å². The number of ether oxygens (including phenoxy) is 6. The maximum absolute atomic E-state index is 13.5. The Morgan fingerprint density at radius 3 is 1.85 bits per heavy atom. The standard InChI is InChI=1S/C31H29NO9/c1-36-22-12-17(7-8-20(22)33)26-27(18-13-24(38-3)30(40-5)25(14-18)39-4)29(31(35)41-6)32-10-9-16-11-21(34)23(37-2)15-19(16)28(26)32/h7-15,33-34H,1-6H3. The fourth-order valence-corrected chi connectivity index (χ4v) is 5.17. The lowest BCUT2D eigenvalue weighted by atomic mass is 9.93. The van der Waals surface area contributed by atoms with E-state index in [9.17, 15) is 15.0 Å². The van der Waals surface area contributed by atoms with Crippen molar-refractivity contribution in [3.8, 4) is 62.5 Å². The Bertz CT molecular complexity index is 1780. The summed E-state index contributed by atoms with van der Waals surface area (Å²) in [7, 11) is 8.76. The molecule has 0 fully saturated rings. The number of esters is 1. The fourth-order valence-electron chi connectivity index (χ4n) is 5.17. The maximum atomic E-state index is 13.5. The van der Waals surface area contributed by atoms with E-state index in [4.69, 9.17) is 28.4 Å². The molecule has 2 aromatic heterocycles. The predicted octanol–water partition coefficient (Wildman–Crippen LogP) is 5.67. The predicted molar refractivity (Wildman–Crippen MR) is 153 cm³/mol. The van der Waals surface area contributed by atoms with Crippen molar-refractivity contribution in [1.82, 2.24) is 4.40 Å². The SMILES string of the molecule is COC(=O)c1c(-c2cc(OC)c(OC)c(OC)c2)c(-c2ccc(O)c(OC)c2)c2c3cc(OC)c(O)cc3ccn12. The molecule has 0 spiro atoms. The fraction of sp³-hybridized carbons (Fsp3) is 0.194. The molecular formula is C31H29NO9. The van der Waals surface area contributed by atoms with Gasteiger partial charge in [0.25, 0.3) is 0 Å². The highest BCUT2D eigenvalue weighted by Gasteiger charge is 2.30. The molecule has 10 heteroatoms. The van der Waals surface area contributed by atoms with Crippen molar-refractivity contribution < 1.29 is 43.4 Å². The van der Waals surface area contributed by atoms with E-state index in [1.165, 1.54) is 48.7 Å². The van der Waals surface area contributed by atoms with Gasteiger partial charge in [0.1, 0.15) is 5.69 Å². The first-order chi connectivity index (χ1) is 19.8. The quantitative estimate of drug-likeness (QED) is 0.232. The summed E-state index contributed by atoms with van der Waals surface area (Å²) >= 11 is 0. The van der Waals surface area contributed by atoms with E-state index in [2.05, 4.69) is 0 Å². The highest BCUT2D eigenvalue weighted by molar-refractivity contribution is 6.14. The van der Waals surface area contributed by atoms with Gasteiger partial charge in [0.05, 0.1) is 48.2 Å². The van der Waals surface area contributed by atoms with E-state index in [-0.39, 0.29) is 28.7 Å². The van der Waals surface area contributed by atoms with Crippen LogP contribution in [-0.4, -0.2) is 63.2 Å². The smallest absolute Gasteiger partial charge is 0.355 e. The number of benzene rings is 3. The summed E-state index contributed by atoms with van der Waals surface area (Å²) in [5.41, 5.74) is 3.19. The molecule has 5 aromatic rings. The average molecular weight is 560 g/mol. The third-order valence-corrected chi connectivity index (χ3v) is 7.02. The van der Waals surface area contributed by atoms with Gasteiger partial charge in [-0.05, 0) is 59.0 Å². The molecule has 212 valence electrons. The summed E-state index contributed by atoms with van der Waals surface area (Å²) in [4.78, 5) is 13.5. The van der Waals surface area contributed by atoms with Crippen molar-refractivity contribution in [3.05, 3.63) is 60.4 Å². The van der Waals surface area contributed by atoms with Crippen LogP contribution in [0.5, 0.6) is 40.2 Å². The van der Waals surface area contributed by atoms with Gasteiger partial charge in [-0.2, -0.15) is 0 Å². The van der Waals surface area contributed by atoms with Crippen molar-refractivity contribution >= 4 is 22.3 Å². The molecule has 10 nitrogen and oxygen atoms in total. The number of carbonyl (C=O) groups excluding carboxylic acids is 1. The van der Waals surface area contributed by atoms with Gasteiger partial charge in [0.2, 0.25) is 5.75 Å². The van der Waals surface area contributed by atoms with Crippen LogP contribution in [-0.2, 0) is 4.74 Å². The Kier molecular flexibility index (Phi) is 7.15. The summed E-state index contributed by atoms with van der Waals surface area (Å²) in [5, 5.41) is 22.3. The highest BCUT2D eigenvalue weighted by atomic mass is 16.5. The minimum absolute atomic E-state index is 0.0261. The molecular weight excluding hydrogens is 530 g/mol. The number of pyridine rings is 1. The number of aromatic hydroxyl groups is 2. The van der Waals surface area contributed by atoms with Gasteiger partial charge in [-0.1, -0.05) is 6.07 Å². The molecule has 0 atom stereocenters. The molecule has 0 radical (unpaired) electrons. The average Bonchev–Trinajstić information content (AvgIpc) is 3.35. The van der Waals surface area contributed by atoms with Crippen LogP contribution in [0.1, 0.15) is 10.5 Å². The lowest BCUT2D eigenvalue weighted by molar-refractivity contribution is 0.0594. The molecule has 5 rings (SSSR count). The Morgan fingerprint density at radius 2 is 1.27 bits per heavy atom. The molecule has 0 aliphatic carbocycles. The second-order valence-electron chi connectivity index (χ2n) is 9.04. The summed E-state index contributed by atoms with van der Waals surface area (Å²) in [6, 6.07) is 13.5. The number of rotatable bonds is 8. The second-order valence-corrected chi connectivity index (χ2v) is 9.04. The number of carbonyl (C=O) groups is 1. The summed E-state index contributed by atoms with van der Waals surface area (Å²) in [6.45, 7) is 0. The van der Waals surface area contributed by atoms with Crippen LogP contribution in [0.4, 0.5) is 0 Å². The largest absolute Gasteiger partial charge is 0.504 e. The van der Waals surface area contributed by atoms with E-state index in [0.29, 0.717) is 55.8 Å². The number of phenols is 2. The van der Waals surface area contributed by atoms with E-state index in [1.54, 1.807) is 53.1 Å². The zero-order chi connectivity index (χ0) is 29.4. The van der Waals surface area contributed by atoms with Crippen LogP contribution in [0.25, 0.3) is 38.5 Å². The Labute approximate surface area is 235 Å². The molecule has 0 saturated heterocycles. The third-order valence-electron chi connectivity index (χ3n) is 7.02. The number of fused-ring (bicyclic) bond motifs is 3. The Balaban J connectivity index is 2.06. The Hall–Kier alpha value is -5.25. The summed E-state index contributed by atoms with van der Waals surface area (Å²) in [5.74, 6) is 1.01. The molecule has 0 amide bonds. The van der Waals surface area contributed by atoms with Crippen molar-refractivity contribution in [2.24, 2.45) is 0 Å². The van der Waals surface area contributed by atoms with E-state index >= 15 is 0 Å². The van der Waals surface area contributed by atoms with Crippen LogP contribution >= 0.6 is 0 Å². The van der Waals surface area contributed by atoms with Gasteiger partial charge in [0.15, 0.2) is 34.5 Å². The molecule has 3 aromatic carbocycles. The molecule has 0 bridgehead atoms. The van der Waals surface area contributed by atoms with Crippen LogP contribution in [0.3, 0.4) is 0 Å². The van der Waals surface area contributed by atoms with Crippen LogP contribution in [0.2, 0.25) is 0 Å². The molecule has 41 heavy (non-hydrogen) atoms. The maximum Gasteiger partial charge on any atom is 0.355 e. The van der Waals surface area contributed by atoms with E-state index in [0.717, 1.165) is 0 Å². The van der Waals surface area contributed by atoms with E-state index < -0.39 is 5.97 Å². The van der Waals surface area contributed by atoms with Crippen molar-refractivity contribution in [1.29, 1.82) is 0 Å². The van der Waals surface area contributed by atoms with Gasteiger partial charge >= 0.3 is 5.97 Å². The highest BCUT2D eigenvalue weighted by Crippen LogP contribution is 2.49. The minimum Gasteiger partial charge on any atom is -0.504 e. The molecule has 0 aliphatic heterocycles. The van der Waals surface area contributed by atoms with E-state index in [1.807, 2.05) is 0 Å². The topological polar surface area (TPSA) is 117 Å². The van der Waals surface area contributed by atoms with Gasteiger partial charge in [0, 0.05) is 22.7 Å². The van der Waals surface area contributed by atoms with Gasteiger partial charge in [-0.15, -0.1) is 0 Å². The van der Waals surface area contributed by atoms with Crippen LogP contribution in [0.15, 0.2) is 54.7 Å². The zero-order valence-electron chi connectivity index (χ0n) is 23.4. The minimum atomic E-state index is -0.592. The molecule has 2 N–H and O–H groups in total. The van der Waals surface area contributed by atoms with Crippen molar-refractivity contribution in [2.45, 2.75) is 0 Å². The second kappa shape index (κ2) is 10.7. The monoisotopic (exact) mass is 559 g/mol. The Morgan fingerprint density at radius 1 is 0.659 bits per heavy atom. The molecule has 0 aliphatic rings. The number of hydrogen-bond donors (Lipinski definition) is 2. The van der Waals surface area contributed by atoms with Gasteiger partial charge in [-0.25, -0.2) is 4.79 Å².